The second-order valence-corrected chi connectivity index (χ2v) is 7.67. The summed E-state index contributed by atoms with van der Waals surface area (Å²) in [5.74, 6) is 0.567. The summed E-state index contributed by atoms with van der Waals surface area (Å²) in [4.78, 5) is 34.8. The van der Waals surface area contributed by atoms with E-state index in [4.69, 9.17) is 4.74 Å². The molecule has 0 spiro atoms. The maximum absolute atomic E-state index is 12.5. The molecule has 0 unspecified atom stereocenters. The SMILES string of the molecule is COC(=O)[C@@H]1CN(C(=O)CCc2c(C)nc(SC)nc2C)CCS1. The normalized spacial score (nSPS) is 17.7. The van der Waals surface area contributed by atoms with Crippen LogP contribution in [0.15, 0.2) is 5.16 Å². The number of hydrogen-bond acceptors (Lipinski definition) is 7. The van der Waals surface area contributed by atoms with Crippen molar-refractivity contribution in [1.82, 2.24) is 14.9 Å². The minimum Gasteiger partial charge on any atom is -0.468 e. The van der Waals surface area contributed by atoms with Crippen LogP contribution in [0.1, 0.15) is 23.4 Å². The van der Waals surface area contributed by atoms with Gasteiger partial charge in [-0.15, -0.1) is 11.8 Å². The molecule has 132 valence electrons. The average Bonchev–Trinajstić information content (AvgIpc) is 2.59. The van der Waals surface area contributed by atoms with Gasteiger partial charge in [-0.3, -0.25) is 9.59 Å². The molecule has 1 fully saturated rings. The number of amides is 1. The number of hydrogen-bond donors (Lipinski definition) is 0. The van der Waals surface area contributed by atoms with Crippen molar-refractivity contribution in [3.8, 4) is 0 Å². The first kappa shape index (κ1) is 19.1. The monoisotopic (exact) mass is 369 g/mol. The van der Waals surface area contributed by atoms with Crippen molar-refractivity contribution in [3.05, 3.63) is 17.0 Å². The Kier molecular flexibility index (Phi) is 6.91. The van der Waals surface area contributed by atoms with Crippen molar-refractivity contribution in [2.24, 2.45) is 0 Å². The Hall–Kier alpha value is -1.28. The van der Waals surface area contributed by atoms with Crippen molar-refractivity contribution in [1.29, 1.82) is 0 Å². The fourth-order valence-electron chi connectivity index (χ4n) is 2.70. The highest BCUT2D eigenvalue weighted by Gasteiger charge is 2.29. The number of carbonyl (C=O) groups is 2. The van der Waals surface area contributed by atoms with Crippen molar-refractivity contribution in [3.63, 3.8) is 0 Å². The standard InChI is InChI=1S/C16H23N3O3S2/c1-10-12(11(2)18-16(17-10)23-4)5-6-14(20)19-7-8-24-13(9-19)15(21)22-3/h13H,5-9H2,1-4H3/t13-/m0/s1. The van der Waals surface area contributed by atoms with Crippen LogP contribution >= 0.6 is 23.5 Å². The summed E-state index contributed by atoms with van der Waals surface area (Å²) < 4.78 is 4.78. The average molecular weight is 370 g/mol. The first-order valence-corrected chi connectivity index (χ1v) is 10.1. The molecule has 1 aromatic heterocycles. The third-order valence-corrected chi connectivity index (χ3v) is 5.76. The molecule has 2 heterocycles. The predicted octanol–water partition coefficient (Wildman–Crippen LogP) is 1.86. The molecular weight excluding hydrogens is 346 g/mol. The zero-order chi connectivity index (χ0) is 17.7. The molecule has 1 aliphatic heterocycles. The third kappa shape index (κ3) is 4.63. The first-order valence-electron chi connectivity index (χ1n) is 7.81. The van der Waals surface area contributed by atoms with E-state index in [1.165, 1.54) is 18.9 Å². The van der Waals surface area contributed by atoms with Crippen LogP contribution in [0.5, 0.6) is 0 Å². The predicted molar refractivity (Wildman–Crippen MR) is 96.5 cm³/mol. The summed E-state index contributed by atoms with van der Waals surface area (Å²) in [6.45, 7) is 5.02. The molecule has 1 aliphatic rings. The molecule has 24 heavy (non-hydrogen) atoms. The molecule has 0 saturated carbocycles. The summed E-state index contributed by atoms with van der Waals surface area (Å²) in [5.41, 5.74) is 2.90. The van der Waals surface area contributed by atoms with Crippen molar-refractivity contribution in [2.45, 2.75) is 37.1 Å². The highest BCUT2D eigenvalue weighted by atomic mass is 32.2. The number of esters is 1. The lowest BCUT2D eigenvalue weighted by molar-refractivity contribution is -0.141. The van der Waals surface area contributed by atoms with E-state index in [-0.39, 0.29) is 17.1 Å². The Morgan fingerprint density at radius 2 is 2.00 bits per heavy atom. The van der Waals surface area contributed by atoms with Gasteiger partial charge in [0.05, 0.1) is 7.11 Å². The second-order valence-electron chi connectivity index (χ2n) is 5.58. The van der Waals surface area contributed by atoms with Gasteiger partial charge in [0.2, 0.25) is 5.91 Å². The Labute approximate surface area is 151 Å². The van der Waals surface area contributed by atoms with E-state index in [0.717, 1.165) is 27.9 Å². The number of ether oxygens (including phenoxy) is 1. The van der Waals surface area contributed by atoms with E-state index in [1.54, 1.807) is 16.7 Å². The van der Waals surface area contributed by atoms with Gasteiger partial charge in [0, 0.05) is 36.7 Å². The van der Waals surface area contributed by atoms with Crippen LogP contribution in [0.3, 0.4) is 0 Å². The minimum atomic E-state index is -0.277. The minimum absolute atomic E-state index is 0.0666. The molecule has 0 radical (unpaired) electrons. The van der Waals surface area contributed by atoms with Gasteiger partial charge in [-0.05, 0) is 32.1 Å². The number of thioether (sulfide) groups is 2. The van der Waals surface area contributed by atoms with E-state index >= 15 is 0 Å². The fraction of sp³-hybridized carbons (Fsp3) is 0.625. The van der Waals surface area contributed by atoms with Gasteiger partial charge in [-0.2, -0.15) is 0 Å². The highest BCUT2D eigenvalue weighted by molar-refractivity contribution is 8.00. The summed E-state index contributed by atoms with van der Waals surface area (Å²) >= 11 is 3.06. The molecule has 0 aliphatic carbocycles. The molecule has 6 nitrogen and oxygen atoms in total. The lowest BCUT2D eigenvalue weighted by atomic mass is 10.1. The fourth-order valence-corrected chi connectivity index (χ4v) is 4.29. The van der Waals surface area contributed by atoms with Gasteiger partial charge < -0.3 is 9.64 Å². The lowest BCUT2D eigenvalue weighted by Crippen LogP contribution is -2.45. The molecule has 1 atom stereocenters. The molecule has 1 amide bonds. The van der Waals surface area contributed by atoms with E-state index in [0.29, 0.717) is 25.9 Å². The van der Waals surface area contributed by atoms with Gasteiger partial charge in [0.15, 0.2) is 5.16 Å². The van der Waals surface area contributed by atoms with Gasteiger partial charge in [0.25, 0.3) is 0 Å². The van der Waals surface area contributed by atoms with Crippen molar-refractivity contribution in [2.75, 3.05) is 32.2 Å². The van der Waals surface area contributed by atoms with E-state index in [9.17, 15) is 9.59 Å². The summed E-state index contributed by atoms with van der Waals surface area (Å²) in [6, 6.07) is 0. The first-order chi connectivity index (χ1) is 11.5. The third-order valence-electron chi connectivity index (χ3n) is 4.05. The molecule has 8 heteroatoms. The molecule has 1 saturated heterocycles. The Morgan fingerprint density at radius 3 is 2.58 bits per heavy atom. The number of aromatic nitrogens is 2. The van der Waals surface area contributed by atoms with Crippen LogP contribution in [0.25, 0.3) is 0 Å². The Balaban J connectivity index is 1.97. The number of carbonyl (C=O) groups excluding carboxylic acids is 2. The number of methoxy groups -OCH3 is 1. The van der Waals surface area contributed by atoms with Crippen molar-refractivity contribution < 1.29 is 14.3 Å². The second kappa shape index (κ2) is 8.71. The van der Waals surface area contributed by atoms with Crippen LogP contribution in [-0.4, -0.2) is 64.2 Å². The molecule has 1 aromatic rings. The van der Waals surface area contributed by atoms with E-state index in [1.807, 2.05) is 20.1 Å². The van der Waals surface area contributed by atoms with Crippen LogP contribution in [-0.2, 0) is 20.7 Å². The molecule has 0 bridgehead atoms. The summed E-state index contributed by atoms with van der Waals surface area (Å²) in [7, 11) is 1.38. The van der Waals surface area contributed by atoms with E-state index < -0.39 is 0 Å². The maximum atomic E-state index is 12.5. The molecule has 0 aromatic carbocycles. The zero-order valence-corrected chi connectivity index (χ0v) is 16.1. The lowest BCUT2D eigenvalue weighted by Gasteiger charge is -2.31. The summed E-state index contributed by atoms with van der Waals surface area (Å²) in [6.07, 6.45) is 2.98. The van der Waals surface area contributed by atoms with Crippen LogP contribution in [0.2, 0.25) is 0 Å². The number of nitrogens with zero attached hydrogens (tertiary/aromatic N) is 3. The number of aryl methyl sites for hydroxylation is 2. The summed E-state index contributed by atoms with van der Waals surface area (Å²) in [5, 5.41) is 0.481. The van der Waals surface area contributed by atoms with Crippen molar-refractivity contribution >= 4 is 35.4 Å². The Bertz CT molecular complexity index is 602. The van der Waals surface area contributed by atoms with Crippen LogP contribution in [0.4, 0.5) is 0 Å². The van der Waals surface area contributed by atoms with Crippen LogP contribution in [0, 0.1) is 13.8 Å². The zero-order valence-electron chi connectivity index (χ0n) is 14.5. The van der Waals surface area contributed by atoms with Gasteiger partial charge in [-0.1, -0.05) is 11.8 Å². The van der Waals surface area contributed by atoms with Gasteiger partial charge >= 0.3 is 5.97 Å². The topological polar surface area (TPSA) is 72.4 Å². The van der Waals surface area contributed by atoms with E-state index in [2.05, 4.69) is 9.97 Å². The molecule has 2 rings (SSSR count). The molecular formula is C16H23N3O3S2. The Morgan fingerprint density at radius 1 is 1.33 bits per heavy atom. The quantitative estimate of drug-likeness (QED) is 0.446. The van der Waals surface area contributed by atoms with Crippen LogP contribution < -0.4 is 0 Å². The maximum Gasteiger partial charge on any atom is 0.320 e. The highest BCUT2D eigenvalue weighted by Crippen LogP contribution is 2.22. The largest absolute Gasteiger partial charge is 0.468 e. The van der Waals surface area contributed by atoms with Gasteiger partial charge in [0.1, 0.15) is 5.25 Å². The number of rotatable bonds is 5. The molecule has 0 N–H and O–H groups in total. The smallest absolute Gasteiger partial charge is 0.320 e. The van der Waals surface area contributed by atoms with Gasteiger partial charge in [-0.25, -0.2) is 9.97 Å².